The first kappa shape index (κ1) is 15.2. The molecule has 122 valence electrons. The minimum atomic E-state index is -0.375. The molecule has 0 unspecified atom stereocenters. The number of carbonyl (C=O) groups is 1. The number of hydrogen-bond acceptors (Lipinski definition) is 5. The minimum absolute atomic E-state index is 0.108. The highest BCUT2D eigenvalue weighted by Gasteiger charge is 2.19. The Balaban J connectivity index is 1.73. The average Bonchev–Trinajstić information content (AvgIpc) is 3.33. The predicted octanol–water partition coefficient (Wildman–Crippen LogP) is 3.64. The predicted molar refractivity (Wildman–Crippen MR) is 96.9 cm³/mol. The van der Waals surface area contributed by atoms with E-state index in [9.17, 15) is 4.79 Å². The Morgan fingerprint density at radius 2 is 1.92 bits per heavy atom. The van der Waals surface area contributed by atoms with Crippen molar-refractivity contribution < 1.29 is 4.79 Å². The maximum absolute atomic E-state index is 12.5. The van der Waals surface area contributed by atoms with E-state index in [0.29, 0.717) is 11.5 Å². The average molecular weight is 347 g/mol. The Bertz CT molecular complexity index is 981. The summed E-state index contributed by atoms with van der Waals surface area (Å²) in [7, 11) is 0. The normalized spacial score (nSPS) is 10.6. The fourth-order valence-electron chi connectivity index (χ4n) is 2.35. The fourth-order valence-corrected chi connectivity index (χ4v) is 3.04. The van der Waals surface area contributed by atoms with E-state index >= 15 is 0 Å². The SMILES string of the molecule is O=C(Nc1cccnc1)c1nc(-c2cccs2)n(-c2ccccc2)n1. The van der Waals surface area contributed by atoms with Crippen LogP contribution in [0.3, 0.4) is 0 Å². The van der Waals surface area contributed by atoms with Crippen LogP contribution < -0.4 is 5.32 Å². The van der Waals surface area contributed by atoms with E-state index in [2.05, 4.69) is 20.4 Å². The number of hydrogen-bond donors (Lipinski definition) is 1. The van der Waals surface area contributed by atoms with Crippen LogP contribution in [0.15, 0.2) is 72.4 Å². The van der Waals surface area contributed by atoms with Crippen LogP contribution in [0.4, 0.5) is 5.69 Å². The van der Waals surface area contributed by atoms with Gasteiger partial charge in [0.15, 0.2) is 5.82 Å². The number of nitrogens with one attached hydrogen (secondary N) is 1. The van der Waals surface area contributed by atoms with Crippen molar-refractivity contribution in [3.8, 4) is 16.4 Å². The van der Waals surface area contributed by atoms with Gasteiger partial charge < -0.3 is 5.32 Å². The number of para-hydroxylation sites is 1. The highest BCUT2D eigenvalue weighted by atomic mass is 32.1. The molecule has 0 aliphatic rings. The molecule has 3 heterocycles. The number of anilines is 1. The van der Waals surface area contributed by atoms with E-state index in [1.165, 1.54) is 0 Å². The second-order valence-corrected chi connectivity index (χ2v) is 6.13. The van der Waals surface area contributed by atoms with Gasteiger partial charge in [-0.05, 0) is 35.7 Å². The standard InChI is InChI=1S/C18H13N5OS/c24-18(20-13-6-4-10-19-12-13)16-21-17(15-9-5-11-25-15)23(22-16)14-7-2-1-3-8-14/h1-12H,(H,20,24). The van der Waals surface area contributed by atoms with Gasteiger partial charge in [-0.2, -0.15) is 0 Å². The number of thiophene rings is 1. The molecule has 0 atom stereocenters. The van der Waals surface area contributed by atoms with Crippen molar-refractivity contribution in [1.82, 2.24) is 19.7 Å². The topological polar surface area (TPSA) is 72.7 Å². The first-order valence-electron chi connectivity index (χ1n) is 7.59. The molecular weight excluding hydrogens is 334 g/mol. The maximum atomic E-state index is 12.5. The number of benzene rings is 1. The lowest BCUT2D eigenvalue weighted by Crippen LogP contribution is -2.14. The van der Waals surface area contributed by atoms with Crippen LogP contribution in [0.25, 0.3) is 16.4 Å². The summed E-state index contributed by atoms with van der Waals surface area (Å²) in [6, 6.07) is 17.0. The van der Waals surface area contributed by atoms with Gasteiger partial charge in [0.05, 0.1) is 22.4 Å². The summed E-state index contributed by atoms with van der Waals surface area (Å²) in [5.74, 6) is 0.370. The Morgan fingerprint density at radius 1 is 1.04 bits per heavy atom. The molecule has 4 rings (SSSR count). The van der Waals surface area contributed by atoms with Gasteiger partial charge in [-0.1, -0.05) is 24.3 Å². The van der Waals surface area contributed by atoms with Crippen molar-refractivity contribution >= 4 is 22.9 Å². The van der Waals surface area contributed by atoms with Crippen molar-refractivity contribution in [2.24, 2.45) is 0 Å². The van der Waals surface area contributed by atoms with Crippen LogP contribution in [0.1, 0.15) is 10.6 Å². The third kappa shape index (κ3) is 3.17. The molecule has 1 N–H and O–H groups in total. The smallest absolute Gasteiger partial charge is 0.295 e. The lowest BCUT2D eigenvalue weighted by atomic mass is 10.3. The van der Waals surface area contributed by atoms with Crippen LogP contribution >= 0.6 is 11.3 Å². The molecule has 25 heavy (non-hydrogen) atoms. The first-order chi connectivity index (χ1) is 12.3. The molecule has 0 saturated carbocycles. The summed E-state index contributed by atoms with van der Waals surface area (Å²) in [4.78, 5) is 21.9. The van der Waals surface area contributed by atoms with Crippen molar-refractivity contribution in [3.63, 3.8) is 0 Å². The maximum Gasteiger partial charge on any atom is 0.295 e. The highest BCUT2D eigenvalue weighted by molar-refractivity contribution is 7.13. The van der Waals surface area contributed by atoms with Crippen molar-refractivity contribution in [1.29, 1.82) is 0 Å². The summed E-state index contributed by atoms with van der Waals surface area (Å²) in [5, 5.41) is 9.14. The van der Waals surface area contributed by atoms with Crippen molar-refractivity contribution in [3.05, 3.63) is 78.2 Å². The van der Waals surface area contributed by atoms with Gasteiger partial charge in [-0.15, -0.1) is 16.4 Å². The van der Waals surface area contributed by atoms with E-state index in [1.807, 2.05) is 47.8 Å². The summed E-state index contributed by atoms with van der Waals surface area (Å²) >= 11 is 1.55. The molecule has 0 radical (unpaired) electrons. The van der Waals surface area contributed by atoms with Crippen LogP contribution in [0.2, 0.25) is 0 Å². The molecule has 7 heteroatoms. The molecule has 1 aromatic carbocycles. The van der Waals surface area contributed by atoms with Crippen LogP contribution in [-0.4, -0.2) is 25.7 Å². The molecule has 0 saturated heterocycles. The molecule has 0 fully saturated rings. The number of aromatic nitrogens is 4. The van der Waals surface area contributed by atoms with Crippen LogP contribution in [0.5, 0.6) is 0 Å². The van der Waals surface area contributed by atoms with Gasteiger partial charge in [-0.3, -0.25) is 9.78 Å². The molecule has 3 aromatic heterocycles. The zero-order valence-corrected chi connectivity index (χ0v) is 13.9. The Morgan fingerprint density at radius 3 is 2.64 bits per heavy atom. The molecule has 0 spiro atoms. The summed E-state index contributed by atoms with van der Waals surface area (Å²) < 4.78 is 1.68. The molecule has 0 aliphatic carbocycles. The lowest BCUT2D eigenvalue weighted by molar-refractivity contribution is 0.101. The minimum Gasteiger partial charge on any atom is -0.318 e. The summed E-state index contributed by atoms with van der Waals surface area (Å²) in [5.41, 5.74) is 1.44. The Hall–Kier alpha value is -3.32. The van der Waals surface area contributed by atoms with E-state index in [1.54, 1.807) is 40.5 Å². The second kappa shape index (κ2) is 6.66. The first-order valence-corrected chi connectivity index (χ1v) is 8.47. The van der Waals surface area contributed by atoms with Gasteiger partial charge in [0.25, 0.3) is 5.91 Å². The number of nitrogens with zero attached hydrogens (tertiary/aromatic N) is 4. The van der Waals surface area contributed by atoms with Gasteiger partial charge in [0, 0.05) is 6.20 Å². The molecule has 4 aromatic rings. The number of pyridine rings is 1. The molecule has 0 aliphatic heterocycles. The summed E-state index contributed by atoms with van der Waals surface area (Å²) in [6.07, 6.45) is 3.22. The highest BCUT2D eigenvalue weighted by Crippen LogP contribution is 2.25. The lowest BCUT2D eigenvalue weighted by Gasteiger charge is -2.03. The van der Waals surface area contributed by atoms with Crippen LogP contribution in [-0.2, 0) is 0 Å². The Kier molecular flexibility index (Phi) is 4.05. The molecule has 0 bridgehead atoms. The number of amides is 1. The zero-order valence-electron chi connectivity index (χ0n) is 13.0. The van der Waals surface area contributed by atoms with E-state index in [-0.39, 0.29) is 11.7 Å². The van der Waals surface area contributed by atoms with Gasteiger partial charge >= 0.3 is 0 Å². The molecular formula is C18H13N5OS. The van der Waals surface area contributed by atoms with E-state index in [4.69, 9.17) is 0 Å². The van der Waals surface area contributed by atoms with Gasteiger partial charge in [0.1, 0.15) is 0 Å². The quantitative estimate of drug-likeness (QED) is 0.612. The molecule has 6 nitrogen and oxygen atoms in total. The summed E-state index contributed by atoms with van der Waals surface area (Å²) in [6.45, 7) is 0. The van der Waals surface area contributed by atoms with E-state index in [0.717, 1.165) is 10.6 Å². The van der Waals surface area contributed by atoms with Crippen molar-refractivity contribution in [2.45, 2.75) is 0 Å². The Labute approximate surface area is 147 Å². The number of carbonyl (C=O) groups excluding carboxylic acids is 1. The monoisotopic (exact) mass is 347 g/mol. The van der Waals surface area contributed by atoms with E-state index < -0.39 is 0 Å². The fraction of sp³-hybridized carbons (Fsp3) is 0. The van der Waals surface area contributed by atoms with Gasteiger partial charge in [0.2, 0.25) is 5.82 Å². The largest absolute Gasteiger partial charge is 0.318 e. The third-order valence-electron chi connectivity index (χ3n) is 3.47. The second-order valence-electron chi connectivity index (χ2n) is 5.18. The van der Waals surface area contributed by atoms with Gasteiger partial charge in [-0.25, -0.2) is 9.67 Å². The zero-order chi connectivity index (χ0) is 17.1. The third-order valence-corrected chi connectivity index (χ3v) is 4.34. The molecule has 1 amide bonds. The van der Waals surface area contributed by atoms with Crippen molar-refractivity contribution in [2.75, 3.05) is 5.32 Å². The van der Waals surface area contributed by atoms with Crippen LogP contribution in [0, 0.1) is 0 Å². The number of rotatable bonds is 4.